The summed E-state index contributed by atoms with van der Waals surface area (Å²) < 4.78 is 0. The second kappa shape index (κ2) is 9.65. The highest BCUT2D eigenvalue weighted by atomic mass is 16.2. The Morgan fingerprint density at radius 3 is 2.42 bits per heavy atom. The molecule has 0 spiro atoms. The summed E-state index contributed by atoms with van der Waals surface area (Å²) in [6, 6.07) is 16.1. The second-order valence-electron chi connectivity index (χ2n) is 9.08. The Morgan fingerprint density at radius 1 is 1.00 bits per heavy atom. The number of amides is 2. The number of benzene rings is 2. The van der Waals surface area contributed by atoms with Crippen molar-refractivity contribution >= 4 is 17.5 Å². The third-order valence-electron chi connectivity index (χ3n) is 6.72. The fourth-order valence-corrected chi connectivity index (χ4v) is 4.81. The third-order valence-corrected chi connectivity index (χ3v) is 6.72. The van der Waals surface area contributed by atoms with E-state index in [1.54, 1.807) is 6.92 Å². The normalized spacial score (nSPS) is 19.7. The van der Waals surface area contributed by atoms with Crippen molar-refractivity contribution in [3.05, 3.63) is 65.2 Å². The van der Waals surface area contributed by atoms with Crippen LogP contribution in [0.5, 0.6) is 0 Å². The molecule has 2 aliphatic heterocycles. The summed E-state index contributed by atoms with van der Waals surface area (Å²) in [6.45, 7) is 7.86. The number of anilines is 1. The average molecular weight is 420 g/mol. The van der Waals surface area contributed by atoms with Gasteiger partial charge in [-0.15, -0.1) is 0 Å². The molecule has 2 aromatic rings. The van der Waals surface area contributed by atoms with Crippen LogP contribution in [0, 0.1) is 5.92 Å². The van der Waals surface area contributed by atoms with Gasteiger partial charge >= 0.3 is 0 Å². The summed E-state index contributed by atoms with van der Waals surface area (Å²) in [6.07, 6.45) is 3.65. The number of nitrogens with zero attached hydrogens (tertiary/aromatic N) is 2. The Hall–Kier alpha value is -2.66. The van der Waals surface area contributed by atoms with Crippen LogP contribution in [0.2, 0.25) is 0 Å². The maximum atomic E-state index is 12.8. The van der Waals surface area contributed by atoms with E-state index in [0.717, 1.165) is 43.2 Å². The zero-order valence-electron chi connectivity index (χ0n) is 18.6. The summed E-state index contributed by atoms with van der Waals surface area (Å²) in [5.41, 5.74) is 4.40. The quantitative estimate of drug-likeness (QED) is 0.782. The number of carbonyl (C=O) groups excluding carboxylic acids is 2. The highest BCUT2D eigenvalue weighted by molar-refractivity contribution is 5.91. The van der Waals surface area contributed by atoms with Crippen LogP contribution in [0.3, 0.4) is 0 Å². The molecule has 1 unspecified atom stereocenters. The minimum Gasteiger partial charge on any atom is -0.335 e. The van der Waals surface area contributed by atoms with Crippen LogP contribution >= 0.6 is 0 Å². The number of piperidine rings is 1. The van der Waals surface area contributed by atoms with E-state index in [1.165, 1.54) is 24.0 Å². The van der Waals surface area contributed by atoms with E-state index in [2.05, 4.69) is 35.3 Å². The Kier molecular flexibility index (Phi) is 6.71. The molecule has 0 bridgehead atoms. The molecule has 0 aliphatic carbocycles. The Bertz CT molecular complexity index is 917. The number of fused-ring (bicyclic) bond motifs is 1. The average Bonchev–Trinajstić information content (AvgIpc) is 2.76. The zero-order chi connectivity index (χ0) is 21.8. The van der Waals surface area contributed by atoms with Crippen LogP contribution < -0.4 is 5.32 Å². The molecule has 31 heavy (non-hydrogen) atoms. The molecule has 1 saturated heterocycles. The predicted octanol–water partition coefficient (Wildman–Crippen LogP) is 4.39. The summed E-state index contributed by atoms with van der Waals surface area (Å²) in [5.74, 6) is 0.790. The zero-order valence-corrected chi connectivity index (χ0v) is 18.6. The molecule has 0 aromatic heterocycles. The lowest BCUT2D eigenvalue weighted by atomic mass is 9.90. The molecule has 164 valence electrons. The van der Waals surface area contributed by atoms with Crippen molar-refractivity contribution in [3.8, 4) is 0 Å². The molecule has 2 amide bonds. The van der Waals surface area contributed by atoms with Gasteiger partial charge in [0.2, 0.25) is 11.8 Å². The van der Waals surface area contributed by atoms with Crippen molar-refractivity contribution in [1.82, 2.24) is 9.80 Å². The lowest BCUT2D eigenvalue weighted by molar-refractivity contribution is -0.132. The van der Waals surface area contributed by atoms with Crippen molar-refractivity contribution in [1.29, 1.82) is 0 Å². The van der Waals surface area contributed by atoms with Crippen LogP contribution in [0.1, 0.15) is 55.8 Å². The van der Waals surface area contributed by atoms with Crippen LogP contribution in [-0.4, -0.2) is 41.2 Å². The fraction of sp³-hybridized carbons (Fsp3) is 0.462. The van der Waals surface area contributed by atoms with Gasteiger partial charge in [-0.2, -0.15) is 0 Å². The van der Waals surface area contributed by atoms with Gasteiger partial charge in [0.05, 0.1) is 12.5 Å². The third kappa shape index (κ3) is 5.34. The van der Waals surface area contributed by atoms with E-state index >= 15 is 0 Å². The predicted molar refractivity (Wildman–Crippen MR) is 124 cm³/mol. The topological polar surface area (TPSA) is 52.7 Å². The molecular formula is C26H33N3O2. The first-order chi connectivity index (χ1) is 15.0. The summed E-state index contributed by atoms with van der Waals surface area (Å²) in [5, 5.41) is 3.03. The summed E-state index contributed by atoms with van der Waals surface area (Å²) >= 11 is 0. The molecule has 1 fully saturated rings. The van der Waals surface area contributed by atoms with E-state index in [-0.39, 0.29) is 24.3 Å². The van der Waals surface area contributed by atoms with Gasteiger partial charge in [0.25, 0.3) is 0 Å². The molecular weight excluding hydrogens is 386 g/mol. The van der Waals surface area contributed by atoms with Gasteiger partial charge in [-0.1, -0.05) is 43.3 Å². The molecule has 5 heteroatoms. The number of nitrogens with one attached hydrogen (secondary N) is 1. The maximum absolute atomic E-state index is 12.8. The summed E-state index contributed by atoms with van der Waals surface area (Å²) in [4.78, 5) is 29.3. The smallest absolute Gasteiger partial charge is 0.226 e. The van der Waals surface area contributed by atoms with E-state index in [4.69, 9.17) is 0 Å². The number of hydrogen-bond donors (Lipinski definition) is 1. The lowest BCUT2D eigenvalue weighted by Crippen LogP contribution is -2.40. The molecule has 5 nitrogen and oxygen atoms in total. The van der Waals surface area contributed by atoms with Gasteiger partial charge < -0.3 is 10.2 Å². The molecule has 2 aromatic carbocycles. The SMILES string of the molecule is CC(=O)N1CCc2ccccc2C1CC(=O)Nc1ccc(CN2CCC(C)CC2)cc1. The molecule has 1 N–H and O–H groups in total. The second-order valence-corrected chi connectivity index (χ2v) is 9.08. The van der Waals surface area contributed by atoms with Crippen LogP contribution in [0.25, 0.3) is 0 Å². The van der Waals surface area contributed by atoms with Crippen LogP contribution in [-0.2, 0) is 22.6 Å². The molecule has 2 aliphatic rings. The number of hydrogen-bond acceptors (Lipinski definition) is 3. The Labute approximate surface area is 185 Å². The standard InChI is InChI=1S/C26H33N3O2/c1-19-11-14-28(15-12-19)18-21-7-9-23(10-8-21)27-26(31)17-25-24-6-4-3-5-22(24)13-16-29(25)20(2)30/h3-10,19,25H,11-18H2,1-2H3,(H,27,31). The first kappa shape index (κ1) is 21.6. The lowest BCUT2D eigenvalue weighted by Gasteiger charge is -2.36. The van der Waals surface area contributed by atoms with Gasteiger partial charge in [0.15, 0.2) is 0 Å². The van der Waals surface area contributed by atoms with Crippen molar-refractivity contribution in [2.75, 3.05) is 25.0 Å². The summed E-state index contributed by atoms with van der Waals surface area (Å²) in [7, 11) is 0. The van der Waals surface area contributed by atoms with Gasteiger partial charge in [-0.25, -0.2) is 0 Å². The highest BCUT2D eigenvalue weighted by Gasteiger charge is 2.30. The molecule has 4 rings (SSSR count). The molecule has 1 atom stereocenters. The Morgan fingerprint density at radius 2 is 1.71 bits per heavy atom. The molecule has 0 saturated carbocycles. The minimum absolute atomic E-state index is 0.0174. The van der Waals surface area contributed by atoms with Crippen molar-refractivity contribution < 1.29 is 9.59 Å². The fourth-order valence-electron chi connectivity index (χ4n) is 4.81. The monoisotopic (exact) mass is 419 g/mol. The van der Waals surface area contributed by atoms with Crippen molar-refractivity contribution in [3.63, 3.8) is 0 Å². The maximum Gasteiger partial charge on any atom is 0.226 e. The van der Waals surface area contributed by atoms with Gasteiger partial charge in [-0.05, 0) is 67.1 Å². The van der Waals surface area contributed by atoms with Crippen molar-refractivity contribution in [2.45, 2.75) is 52.1 Å². The number of likely N-dealkylation sites (tertiary alicyclic amines) is 1. The minimum atomic E-state index is -0.205. The highest BCUT2D eigenvalue weighted by Crippen LogP contribution is 2.32. The van der Waals surface area contributed by atoms with Gasteiger partial charge in [0.1, 0.15) is 0 Å². The first-order valence-corrected chi connectivity index (χ1v) is 11.5. The van der Waals surface area contributed by atoms with Gasteiger partial charge in [0, 0.05) is 25.7 Å². The van der Waals surface area contributed by atoms with Gasteiger partial charge in [-0.3, -0.25) is 14.5 Å². The number of carbonyl (C=O) groups is 2. The molecule has 0 radical (unpaired) electrons. The van der Waals surface area contributed by atoms with E-state index in [9.17, 15) is 9.59 Å². The van der Waals surface area contributed by atoms with E-state index in [0.29, 0.717) is 6.54 Å². The first-order valence-electron chi connectivity index (χ1n) is 11.5. The van der Waals surface area contributed by atoms with Crippen LogP contribution in [0.4, 0.5) is 5.69 Å². The molecule has 2 heterocycles. The number of rotatable bonds is 5. The van der Waals surface area contributed by atoms with Crippen LogP contribution in [0.15, 0.2) is 48.5 Å². The van der Waals surface area contributed by atoms with E-state index in [1.807, 2.05) is 35.2 Å². The largest absolute Gasteiger partial charge is 0.335 e. The Balaban J connectivity index is 1.37. The van der Waals surface area contributed by atoms with E-state index < -0.39 is 0 Å². The van der Waals surface area contributed by atoms with Crippen molar-refractivity contribution in [2.24, 2.45) is 5.92 Å².